The van der Waals surface area contributed by atoms with Crippen molar-refractivity contribution in [2.45, 2.75) is 70.9 Å². The third kappa shape index (κ3) is 4.26. The largest absolute Gasteiger partial charge is 0.459 e. The summed E-state index contributed by atoms with van der Waals surface area (Å²) in [6, 6.07) is -0.628. The molecule has 2 saturated heterocycles. The molecule has 138 valence electrons. The highest BCUT2D eigenvalue weighted by molar-refractivity contribution is 5.84. The molecule has 0 saturated carbocycles. The molecule has 0 bridgehead atoms. The lowest BCUT2D eigenvalue weighted by molar-refractivity contribution is -0.175. The number of carbonyl (C=O) groups is 2. The summed E-state index contributed by atoms with van der Waals surface area (Å²) in [5.41, 5.74) is -2.50. The van der Waals surface area contributed by atoms with E-state index in [-0.39, 0.29) is 19.1 Å². The van der Waals surface area contributed by atoms with Gasteiger partial charge < -0.3 is 19.3 Å². The first kappa shape index (κ1) is 19.1. The smallest absolute Gasteiger partial charge is 0.357 e. The number of nitrogens with zero attached hydrogens (tertiary/aromatic N) is 1. The van der Waals surface area contributed by atoms with E-state index in [0.29, 0.717) is 13.0 Å². The lowest BCUT2D eigenvalue weighted by Crippen LogP contribution is -2.53. The summed E-state index contributed by atoms with van der Waals surface area (Å²) in [6.45, 7) is 11.3. The van der Waals surface area contributed by atoms with Gasteiger partial charge in [0.25, 0.3) is 0 Å². The molecule has 2 aliphatic heterocycles. The van der Waals surface area contributed by atoms with E-state index in [1.165, 1.54) is 0 Å². The maximum absolute atomic E-state index is 12.6. The zero-order valence-electron chi connectivity index (χ0n) is 15.4. The van der Waals surface area contributed by atoms with E-state index in [1.54, 1.807) is 46.4 Å². The van der Waals surface area contributed by atoms with Gasteiger partial charge in [0.1, 0.15) is 23.9 Å². The molecule has 0 radical (unpaired) electrons. The first-order valence-electron chi connectivity index (χ1n) is 8.36. The number of ether oxygens (including phenoxy) is 3. The van der Waals surface area contributed by atoms with Crippen molar-refractivity contribution in [2.75, 3.05) is 19.8 Å². The van der Waals surface area contributed by atoms with Crippen LogP contribution in [-0.2, 0) is 23.8 Å². The van der Waals surface area contributed by atoms with Gasteiger partial charge in [-0.25, -0.2) is 4.79 Å². The highest BCUT2D eigenvalue weighted by Crippen LogP contribution is 2.41. The fourth-order valence-electron chi connectivity index (χ4n) is 2.87. The number of carbonyl (C=O) groups excluding carboxylic acids is 2. The molecular formula is C17H29NO6. The predicted octanol–water partition coefficient (Wildman–Crippen LogP) is 1.08. The first-order chi connectivity index (χ1) is 10.9. The molecular weight excluding hydrogens is 314 g/mol. The Hall–Kier alpha value is -1.18. The van der Waals surface area contributed by atoms with Gasteiger partial charge in [-0.05, 0) is 53.9 Å². The number of esters is 2. The summed E-state index contributed by atoms with van der Waals surface area (Å²) in [6.07, 6.45) is 0.430. The van der Waals surface area contributed by atoms with Crippen molar-refractivity contribution >= 4 is 11.9 Å². The van der Waals surface area contributed by atoms with Crippen molar-refractivity contribution in [1.82, 2.24) is 4.90 Å². The fraction of sp³-hybridized carbons (Fsp3) is 0.882. The molecule has 0 amide bonds. The van der Waals surface area contributed by atoms with E-state index in [2.05, 4.69) is 0 Å². The average Bonchev–Trinajstić information content (AvgIpc) is 3.08. The van der Waals surface area contributed by atoms with Crippen LogP contribution in [0.3, 0.4) is 0 Å². The monoisotopic (exact) mass is 343 g/mol. The first-order valence-corrected chi connectivity index (χ1v) is 8.36. The Kier molecular flexibility index (Phi) is 5.01. The van der Waals surface area contributed by atoms with Gasteiger partial charge in [0.05, 0.1) is 0 Å². The van der Waals surface area contributed by atoms with E-state index in [9.17, 15) is 14.7 Å². The predicted molar refractivity (Wildman–Crippen MR) is 86.1 cm³/mol. The van der Waals surface area contributed by atoms with Gasteiger partial charge in [-0.3, -0.25) is 9.69 Å². The minimum atomic E-state index is -1.24. The summed E-state index contributed by atoms with van der Waals surface area (Å²) in [5.74, 6) is -1.01. The molecule has 2 aliphatic rings. The van der Waals surface area contributed by atoms with E-state index in [0.717, 1.165) is 0 Å². The summed E-state index contributed by atoms with van der Waals surface area (Å²) in [7, 11) is 0. The second kappa shape index (κ2) is 6.28. The third-order valence-corrected chi connectivity index (χ3v) is 3.92. The van der Waals surface area contributed by atoms with Crippen LogP contribution in [0, 0.1) is 5.92 Å². The van der Waals surface area contributed by atoms with Crippen molar-refractivity contribution in [2.24, 2.45) is 5.92 Å². The van der Waals surface area contributed by atoms with Gasteiger partial charge in [-0.15, -0.1) is 0 Å². The molecule has 1 unspecified atom stereocenters. The summed E-state index contributed by atoms with van der Waals surface area (Å²) in [5, 5.41) is 9.49. The zero-order chi connectivity index (χ0) is 18.3. The standard InChI is InChI=1S/C17H29NO6/c1-15(2,3)23-13(20)12-7-11(9-19)8-18(12)17(10-22-17)14(21)24-16(4,5)6/h11-12,19H,7-10H2,1-6H3/t11-,12?,17-/m1/s1. The Morgan fingerprint density at radius 1 is 1.17 bits per heavy atom. The Morgan fingerprint density at radius 2 is 1.71 bits per heavy atom. The van der Waals surface area contributed by atoms with Crippen LogP contribution in [0.25, 0.3) is 0 Å². The van der Waals surface area contributed by atoms with Gasteiger partial charge in [-0.1, -0.05) is 0 Å². The van der Waals surface area contributed by atoms with Crippen molar-refractivity contribution < 1.29 is 28.9 Å². The minimum absolute atomic E-state index is 0.0554. The van der Waals surface area contributed by atoms with Crippen molar-refractivity contribution in [3.63, 3.8) is 0 Å². The summed E-state index contributed by atoms with van der Waals surface area (Å²) < 4.78 is 16.4. The molecule has 3 atom stereocenters. The molecule has 0 aromatic carbocycles. The second-order valence-electron chi connectivity index (χ2n) is 8.56. The van der Waals surface area contributed by atoms with Gasteiger partial charge in [0.2, 0.25) is 5.72 Å². The van der Waals surface area contributed by atoms with Crippen LogP contribution >= 0.6 is 0 Å². The van der Waals surface area contributed by atoms with Crippen LogP contribution in [0.1, 0.15) is 48.0 Å². The van der Waals surface area contributed by atoms with Crippen molar-refractivity contribution in [1.29, 1.82) is 0 Å². The molecule has 0 aromatic heterocycles. The lowest BCUT2D eigenvalue weighted by Gasteiger charge is -2.31. The normalized spacial score (nSPS) is 31.0. The number of hydrogen-bond acceptors (Lipinski definition) is 7. The topological polar surface area (TPSA) is 88.6 Å². The fourth-order valence-corrected chi connectivity index (χ4v) is 2.87. The van der Waals surface area contributed by atoms with Gasteiger partial charge in [-0.2, -0.15) is 0 Å². The van der Waals surface area contributed by atoms with Crippen molar-refractivity contribution in [3.05, 3.63) is 0 Å². The number of epoxide rings is 1. The molecule has 0 aromatic rings. The van der Waals surface area contributed by atoms with E-state index < -0.39 is 34.9 Å². The number of hydrogen-bond donors (Lipinski definition) is 1. The molecule has 0 spiro atoms. The zero-order valence-corrected chi connectivity index (χ0v) is 15.4. The molecule has 2 heterocycles. The highest BCUT2D eigenvalue weighted by Gasteiger charge is 2.64. The van der Waals surface area contributed by atoms with E-state index >= 15 is 0 Å². The highest BCUT2D eigenvalue weighted by atomic mass is 16.7. The Labute approximate surface area is 143 Å². The molecule has 2 fully saturated rings. The second-order valence-corrected chi connectivity index (χ2v) is 8.56. The molecule has 7 heteroatoms. The quantitative estimate of drug-likeness (QED) is 0.603. The van der Waals surface area contributed by atoms with Crippen LogP contribution in [0.4, 0.5) is 0 Å². The SMILES string of the molecule is CC(C)(C)OC(=O)C1C[C@@H](CO)CN1[C@]1(C(=O)OC(C)(C)C)CO1. The number of aliphatic hydroxyl groups is 1. The van der Waals surface area contributed by atoms with Crippen LogP contribution in [0.5, 0.6) is 0 Å². The minimum Gasteiger partial charge on any atom is -0.459 e. The number of aliphatic hydroxyl groups excluding tert-OH is 1. The van der Waals surface area contributed by atoms with E-state index in [1.807, 2.05) is 0 Å². The Bertz CT molecular complexity index is 500. The Balaban J connectivity index is 2.19. The van der Waals surface area contributed by atoms with Crippen LogP contribution in [-0.4, -0.2) is 64.7 Å². The van der Waals surface area contributed by atoms with Gasteiger partial charge in [0.15, 0.2) is 0 Å². The molecule has 2 rings (SSSR count). The van der Waals surface area contributed by atoms with Crippen LogP contribution in [0.2, 0.25) is 0 Å². The lowest BCUT2D eigenvalue weighted by atomic mass is 10.1. The van der Waals surface area contributed by atoms with Gasteiger partial charge >= 0.3 is 11.9 Å². The Morgan fingerprint density at radius 3 is 2.12 bits per heavy atom. The van der Waals surface area contributed by atoms with Crippen molar-refractivity contribution in [3.8, 4) is 0 Å². The summed E-state index contributed by atoms with van der Waals surface area (Å²) in [4.78, 5) is 26.8. The number of likely N-dealkylation sites (tertiary alicyclic amines) is 1. The molecule has 1 N–H and O–H groups in total. The average molecular weight is 343 g/mol. The maximum atomic E-state index is 12.6. The maximum Gasteiger partial charge on any atom is 0.357 e. The number of rotatable bonds is 4. The molecule has 0 aliphatic carbocycles. The molecule has 7 nitrogen and oxygen atoms in total. The summed E-state index contributed by atoms with van der Waals surface area (Å²) >= 11 is 0. The molecule has 24 heavy (non-hydrogen) atoms. The van der Waals surface area contributed by atoms with E-state index in [4.69, 9.17) is 14.2 Å². The van der Waals surface area contributed by atoms with Crippen LogP contribution in [0.15, 0.2) is 0 Å². The van der Waals surface area contributed by atoms with Gasteiger partial charge in [0, 0.05) is 13.2 Å². The van der Waals surface area contributed by atoms with Crippen LogP contribution < -0.4 is 0 Å². The third-order valence-electron chi connectivity index (χ3n) is 3.92.